The molecule has 3 aromatic rings. The number of nitrogens with zero attached hydrogens (tertiary/aromatic N) is 2. The highest BCUT2D eigenvalue weighted by atomic mass is 19.1. The zero-order valence-electron chi connectivity index (χ0n) is 25.4. The van der Waals surface area contributed by atoms with E-state index in [0.717, 1.165) is 34.9 Å². The van der Waals surface area contributed by atoms with Crippen LogP contribution in [0, 0.1) is 5.82 Å². The van der Waals surface area contributed by atoms with Gasteiger partial charge in [0.1, 0.15) is 11.9 Å². The Bertz CT molecular complexity index is 1450. The van der Waals surface area contributed by atoms with E-state index in [1.54, 1.807) is 31.2 Å². The van der Waals surface area contributed by atoms with Crippen molar-refractivity contribution in [2.75, 3.05) is 46.9 Å². The second kappa shape index (κ2) is 14.7. The summed E-state index contributed by atoms with van der Waals surface area (Å²) in [5.74, 6) is -0.866. The van der Waals surface area contributed by atoms with Crippen LogP contribution in [0.15, 0.2) is 66.7 Å². The van der Waals surface area contributed by atoms with E-state index in [2.05, 4.69) is 51.2 Å². The van der Waals surface area contributed by atoms with Gasteiger partial charge in [-0.15, -0.1) is 0 Å². The molecular formula is C34H42FN5O4. The van der Waals surface area contributed by atoms with Crippen molar-refractivity contribution < 1.29 is 23.5 Å². The lowest BCUT2D eigenvalue weighted by Crippen LogP contribution is -2.64. The summed E-state index contributed by atoms with van der Waals surface area (Å²) in [6.07, 6.45) is 2.38. The van der Waals surface area contributed by atoms with Crippen LogP contribution in [0.5, 0.6) is 0 Å². The number of hydrogen-bond donors (Lipinski definition) is 3. The minimum Gasteiger partial charge on any atom is -0.382 e. The summed E-state index contributed by atoms with van der Waals surface area (Å²) in [5, 5.41) is 11.3. The molecule has 2 saturated heterocycles. The smallest absolute Gasteiger partial charge is 0.245 e. The van der Waals surface area contributed by atoms with Gasteiger partial charge in [0, 0.05) is 40.2 Å². The molecule has 0 aromatic heterocycles. The van der Waals surface area contributed by atoms with Gasteiger partial charge in [-0.2, -0.15) is 0 Å². The van der Waals surface area contributed by atoms with E-state index in [9.17, 15) is 18.8 Å². The highest BCUT2D eigenvalue weighted by Gasteiger charge is 2.39. The maximum absolute atomic E-state index is 14.2. The maximum Gasteiger partial charge on any atom is 0.245 e. The van der Waals surface area contributed by atoms with Crippen molar-refractivity contribution >= 4 is 28.5 Å². The number of methoxy groups -OCH3 is 1. The molecule has 2 fully saturated rings. The lowest BCUT2D eigenvalue weighted by Gasteiger charge is -2.44. The van der Waals surface area contributed by atoms with E-state index in [1.165, 1.54) is 12.1 Å². The van der Waals surface area contributed by atoms with E-state index in [-0.39, 0.29) is 48.7 Å². The maximum atomic E-state index is 14.2. The third kappa shape index (κ3) is 7.61. The molecule has 0 saturated carbocycles. The zero-order chi connectivity index (χ0) is 31.1. The molecule has 3 amide bonds. The number of hydrogen-bond acceptors (Lipinski definition) is 6. The van der Waals surface area contributed by atoms with Crippen LogP contribution in [0.4, 0.5) is 4.39 Å². The van der Waals surface area contributed by atoms with Gasteiger partial charge in [-0.3, -0.25) is 19.3 Å². The Hall–Kier alpha value is -3.86. The van der Waals surface area contributed by atoms with Gasteiger partial charge in [-0.25, -0.2) is 4.39 Å². The summed E-state index contributed by atoms with van der Waals surface area (Å²) in [6, 6.07) is 18.5. The number of piperazine rings is 1. The highest BCUT2D eigenvalue weighted by molar-refractivity contribution is 5.90. The average Bonchev–Trinajstić information content (AvgIpc) is 3.59. The second-order valence-electron chi connectivity index (χ2n) is 11.7. The number of rotatable bonds is 11. The summed E-state index contributed by atoms with van der Waals surface area (Å²) >= 11 is 0. The fourth-order valence-corrected chi connectivity index (χ4v) is 6.37. The van der Waals surface area contributed by atoms with Crippen LogP contribution in [0.3, 0.4) is 0 Å². The van der Waals surface area contributed by atoms with Gasteiger partial charge in [0.05, 0.1) is 24.7 Å². The number of carbonyl (C=O) groups excluding carboxylic acids is 3. The molecular weight excluding hydrogens is 561 g/mol. The molecule has 5 rings (SSSR count). The lowest BCUT2D eigenvalue weighted by atomic mass is 9.98. The molecule has 2 heterocycles. The van der Waals surface area contributed by atoms with Crippen molar-refractivity contribution in [3.63, 3.8) is 0 Å². The summed E-state index contributed by atoms with van der Waals surface area (Å²) in [4.78, 5) is 44.4. The van der Waals surface area contributed by atoms with Crippen molar-refractivity contribution in [3.05, 3.63) is 83.7 Å². The number of nitrogens with one attached hydrogen (secondary N) is 3. The number of ether oxygens (including phenoxy) is 1. The zero-order valence-corrected chi connectivity index (χ0v) is 25.4. The van der Waals surface area contributed by atoms with E-state index < -0.39 is 12.1 Å². The van der Waals surface area contributed by atoms with Crippen LogP contribution in [0.2, 0.25) is 0 Å². The molecule has 44 heavy (non-hydrogen) atoms. The Kier molecular flexibility index (Phi) is 10.6. The van der Waals surface area contributed by atoms with Gasteiger partial charge in [0.15, 0.2) is 0 Å². The Balaban J connectivity index is 1.34. The van der Waals surface area contributed by atoms with Crippen LogP contribution < -0.4 is 16.0 Å². The molecule has 2 aliphatic heterocycles. The molecule has 9 nitrogen and oxygen atoms in total. The van der Waals surface area contributed by atoms with Crippen molar-refractivity contribution in [3.8, 4) is 0 Å². The van der Waals surface area contributed by atoms with Gasteiger partial charge >= 0.3 is 0 Å². The van der Waals surface area contributed by atoms with Crippen molar-refractivity contribution in [1.82, 2.24) is 25.8 Å². The minimum absolute atomic E-state index is 0.0837. The normalized spacial score (nSPS) is 20.3. The first kappa shape index (κ1) is 31.6. The molecule has 3 N–H and O–H groups in total. The quantitative estimate of drug-likeness (QED) is 0.311. The topological polar surface area (TPSA) is 103 Å². The van der Waals surface area contributed by atoms with Gasteiger partial charge in [-0.05, 0) is 59.8 Å². The number of halogens is 1. The average molecular weight is 604 g/mol. The third-order valence-corrected chi connectivity index (χ3v) is 8.73. The molecule has 0 spiro atoms. The van der Waals surface area contributed by atoms with E-state index in [0.29, 0.717) is 32.5 Å². The molecule has 0 radical (unpaired) electrons. The molecule has 2 aliphatic rings. The Morgan fingerprint density at radius 2 is 1.75 bits per heavy atom. The standard InChI is InChI=1S/C34H42FN5O4/c1-36-33(42)31(20-24-9-12-25-6-3-4-7-26(25)18-24)39-16-17-40(28(21-39)22-44-2)34(43)30(19-23-10-13-27(35)14-11-23)38-32(41)29-8-5-15-37-29/h3-4,6-7,9-14,18,28-31,37H,5,8,15-17,19-22H2,1-2H3,(H,36,42)(H,38,41). The molecule has 4 atom stereocenters. The first-order valence-electron chi connectivity index (χ1n) is 15.4. The van der Waals surface area contributed by atoms with Gasteiger partial charge in [0.25, 0.3) is 0 Å². The van der Waals surface area contributed by atoms with Crippen LogP contribution in [-0.4, -0.2) is 98.6 Å². The van der Waals surface area contributed by atoms with Crippen LogP contribution in [0.1, 0.15) is 24.0 Å². The van der Waals surface area contributed by atoms with Crippen LogP contribution >= 0.6 is 0 Å². The molecule has 4 unspecified atom stereocenters. The van der Waals surface area contributed by atoms with Crippen LogP contribution in [-0.2, 0) is 32.0 Å². The van der Waals surface area contributed by atoms with E-state index in [1.807, 2.05) is 12.1 Å². The van der Waals surface area contributed by atoms with Gasteiger partial charge in [-0.1, -0.05) is 54.6 Å². The number of fused-ring (bicyclic) bond motifs is 1. The van der Waals surface area contributed by atoms with Gasteiger partial charge < -0.3 is 25.6 Å². The SMILES string of the molecule is CNC(=O)C(Cc1ccc2ccccc2c1)N1CCN(C(=O)C(Cc2ccc(F)cc2)NC(=O)C2CCCN2)C(COC)C1. The summed E-state index contributed by atoms with van der Waals surface area (Å²) in [5.41, 5.74) is 1.81. The first-order valence-corrected chi connectivity index (χ1v) is 15.4. The van der Waals surface area contributed by atoms with E-state index in [4.69, 9.17) is 4.74 Å². The summed E-state index contributed by atoms with van der Waals surface area (Å²) in [7, 11) is 3.24. The van der Waals surface area contributed by atoms with Crippen molar-refractivity contribution in [1.29, 1.82) is 0 Å². The molecule has 10 heteroatoms. The molecule has 0 aliphatic carbocycles. The van der Waals surface area contributed by atoms with Crippen LogP contribution in [0.25, 0.3) is 10.8 Å². The number of likely N-dealkylation sites (N-methyl/N-ethyl adjacent to an activating group) is 1. The number of benzene rings is 3. The highest BCUT2D eigenvalue weighted by Crippen LogP contribution is 2.22. The van der Waals surface area contributed by atoms with Gasteiger partial charge in [0.2, 0.25) is 17.7 Å². The molecule has 234 valence electrons. The number of carbonyl (C=O) groups is 3. The first-order chi connectivity index (χ1) is 21.4. The van der Waals surface area contributed by atoms with Crippen molar-refractivity contribution in [2.24, 2.45) is 0 Å². The largest absolute Gasteiger partial charge is 0.382 e. The monoisotopic (exact) mass is 603 g/mol. The molecule has 3 aromatic carbocycles. The Morgan fingerprint density at radius 3 is 2.45 bits per heavy atom. The third-order valence-electron chi connectivity index (χ3n) is 8.73. The van der Waals surface area contributed by atoms with E-state index >= 15 is 0 Å². The molecule has 0 bridgehead atoms. The summed E-state index contributed by atoms with van der Waals surface area (Å²) < 4.78 is 19.2. The predicted molar refractivity (Wildman–Crippen MR) is 168 cm³/mol. The number of amides is 3. The minimum atomic E-state index is -0.825. The Morgan fingerprint density at radius 1 is 1.00 bits per heavy atom. The summed E-state index contributed by atoms with van der Waals surface area (Å²) in [6.45, 7) is 2.33. The predicted octanol–water partition coefficient (Wildman–Crippen LogP) is 2.27. The lowest BCUT2D eigenvalue weighted by molar-refractivity contribution is -0.144. The Labute approximate surface area is 258 Å². The fraction of sp³-hybridized carbons (Fsp3) is 0.441. The fourth-order valence-electron chi connectivity index (χ4n) is 6.37. The second-order valence-corrected chi connectivity index (χ2v) is 11.7. The van der Waals surface area contributed by atoms with Crippen molar-refractivity contribution in [2.45, 2.75) is 49.9 Å².